The lowest BCUT2D eigenvalue weighted by Crippen LogP contribution is -2.61. The Labute approximate surface area is 489 Å². The SMILES string of the molecule is CC/C=C\C/C=C\C/C=C\C/C=C\C/C=C\C/C=C\CCC(=O)OC1C(OCC(COC(=O)CCCCC/C=C\C/C=C\C/C=C\C/C=C\C/C=C\CC)OC(=O)CCCCCCC/C=C\CCCCCC)OC(C(=O)O)C(O)C1O. The molecule has 1 fully saturated rings. The maximum absolute atomic E-state index is 13.2. The first-order chi connectivity index (χ1) is 39.6. The molecule has 0 spiro atoms. The highest BCUT2D eigenvalue weighted by molar-refractivity contribution is 5.74. The minimum atomic E-state index is -1.94. The zero-order valence-corrected chi connectivity index (χ0v) is 50.0. The number of carboxylic acid groups (broad SMARTS) is 1. The number of carbonyl (C=O) groups is 4. The second kappa shape index (κ2) is 55.2. The molecule has 1 heterocycles. The molecular formula is C69H106O12. The van der Waals surface area contributed by atoms with Crippen molar-refractivity contribution < 1.29 is 58.2 Å². The summed E-state index contributed by atoms with van der Waals surface area (Å²) in [5.74, 6) is -3.31. The van der Waals surface area contributed by atoms with Gasteiger partial charge in [-0.1, -0.05) is 212 Å². The van der Waals surface area contributed by atoms with Gasteiger partial charge < -0.3 is 39.0 Å². The lowest BCUT2D eigenvalue weighted by molar-refractivity contribution is -0.301. The number of aliphatic hydroxyl groups is 2. The van der Waals surface area contributed by atoms with Crippen molar-refractivity contribution in [1.29, 1.82) is 0 Å². The lowest BCUT2D eigenvalue weighted by atomic mass is 9.98. The number of carboxylic acids is 1. The highest BCUT2D eigenvalue weighted by Crippen LogP contribution is 2.26. The monoisotopic (exact) mass is 1130 g/mol. The number of ether oxygens (including phenoxy) is 5. The van der Waals surface area contributed by atoms with E-state index in [2.05, 4.69) is 148 Å². The van der Waals surface area contributed by atoms with E-state index in [9.17, 15) is 34.5 Å². The molecule has 0 amide bonds. The van der Waals surface area contributed by atoms with E-state index in [0.717, 1.165) is 122 Å². The minimum Gasteiger partial charge on any atom is -0.479 e. The Hall–Kier alpha value is -5.40. The molecule has 1 aliphatic heterocycles. The highest BCUT2D eigenvalue weighted by Gasteiger charge is 2.50. The van der Waals surface area contributed by atoms with Crippen molar-refractivity contribution in [3.63, 3.8) is 0 Å². The number of rotatable bonds is 50. The van der Waals surface area contributed by atoms with Crippen LogP contribution < -0.4 is 0 Å². The van der Waals surface area contributed by atoms with Crippen molar-refractivity contribution in [1.82, 2.24) is 0 Å². The quantitative estimate of drug-likeness (QED) is 0.0228. The van der Waals surface area contributed by atoms with Gasteiger partial charge in [-0.25, -0.2) is 4.79 Å². The number of allylic oxidation sites excluding steroid dienone is 24. The first-order valence-electron chi connectivity index (χ1n) is 30.8. The second-order valence-corrected chi connectivity index (χ2v) is 20.2. The van der Waals surface area contributed by atoms with Crippen molar-refractivity contribution in [3.8, 4) is 0 Å². The summed E-state index contributed by atoms with van der Waals surface area (Å²) in [6.45, 7) is 5.67. The van der Waals surface area contributed by atoms with Crippen LogP contribution in [0.25, 0.3) is 0 Å². The standard InChI is InChI=1S/C69H106O12/c1-4-7-10-13-16-19-22-25-27-29-31-33-35-38-40-43-46-49-52-55-61(70)77-58-60(79-62(71)56-53-50-47-44-41-37-24-21-18-15-12-9-6-3)59-78-69-67(65(74)64(73)66(81-69)68(75)76)80-63(72)57-54-51-48-45-42-39-36-34-32-30-28-26-23-20-17-14-11-8-5-2/h7-8,10-11,16-17,19-21,24-28,31-34,38-40,42,48,51,60,64-67,69,73-74H,4-6,9,12-15,18,22-23,29-30,35-37,41,43-47,49-50,52-59H2,1-3H3,(H,75,76)/b10-7-,11-8-,19-16-,20-17-,24-21-,27-25-,28-26-,33-31-,34-32-,40-38-,42-39-,51-48-. The minimum absolute atomic E-state index is 0.0770. The Kier molecular flexibility index (Phi) is 50.1. The van der Waals surface area contributed by atoms with Gasteiger partial charge in [-0.3, -0.25) is 14.4 Å². The van der Waals surface area contributed by atoms with Crippen molar-refractivity contribution in [3.05, 3.63) is 146 Å². The lowest BCUT2D eigenvalue weighted by Gasteiger charge is -2.40. The van der Waals surface area contributed by atoms with Gasteiger partial charge in [0.05, 0.1) is 6.61 Å². The summed E-state index contributed by atoms with van der Waals surface area (Å²) < 4.78 is 28.3. The van der Waals surface area contributed by atoms with E-state index in [1.165, 1.54) is 25.7 Å². The molecule has 3 N–H and O–H groups in total. The molecule has 454 valence electrons. The molecule has 1 saturated heterocycles. The second-order valence-electron chi connectivity index (χ2n) is 20.2. The molecule has 6 atom stereocenters. The molecule has 0 bridgehead atoms. The van der Waals surface area contributed by atoms with Gasteiger partial charge >= 0.3 is 23.9 Å². The van der Waals surface area contributed by atoms with E-state index in [4.69, 9.17) is 23.7 Å². The fourth-order valence-corrected chi connectivity index (χ4v) is 8.24. The fraction of sp³-hybridized carbons (Fsp3) is 0.594. The maximum atomic E-state index is 13.2. The average molecular weight is 1130 g/mol. The van der Waals surface area contributed by atoms with Crippen molar-refractivity contribution in [2.24, 2.45) is 0 Å². The number of aliphatic carboxylic acids is 1. The van der Waals surface area contributed by atoms with Crippen LogP contribution in [0.1, 0.15) is 213 Å². The number of carbonyl (C=O) groups excluding carboxylic acids is 3. The van der Waals surface area contributed by atoms with E-state index in [0.29, 0.717) is 25.7 Å². The average Bonchev–Trinajstić information content (AvgIpc) is 3.54. The zero-order valence-electron chi connectivity index (χ0n) is 50.0. The Morgan fingerprint density at radius 2 is 0.802 bits per heavy atom. The van der Waals surface area contributed by atoms with Crippen LogP contribution in [0.15, 0.2) is 146 Å². The Balaban J connectivity index is 2.75. The summed E-state index contributed by atoms with van der Waals surface area (Å²) in [7, 11) is 0. The summed E-state index contributed by atoms with van der Waals surface area (Å²) in [6.07, 6.45) is 66.8. The maximum Gasteiger partial charge on any atom is 0.335 e. The third-order valence-corrected chi connectivity index (χ3v) is 12.9. The van der Waals surface area contributed by atoms with Crippen molar-refractivity contribution >= 4 is 23.9 Å². The number of esters is 3. The molecule has 0 aliphatic carbocycles. The van der Waals surface area contributed by atoms with Gasteiger partial charge in [-0.05, 0) is 128 Å². The van der Waals surface area contributed by atoms with Gasteiger partial charge in [0.15, 0.2) is 24.6 Å². The van der Waals surface area contributed by atoms with E-state index in [1.54, 1.807) is 0 Å². The molecule has 12 heteroatoms. The third-order valence-electron chi connectivity index (χ3n) is 12.9. The van der Waals surface area contributed by atoms with Crippen LogP contribution >= 0.6 is 0 Å². The number of aliphatic hydroxyl groups excluding tert-OH is 2. The molecule has 0 radical (unpaired) electrons. The van der Waals surface area contributed by atoms with Crippen LogP contribution in [0.4, 0.5) is 0 Å². The highest BCUT2D eigenvalue weighted by atomic mass is 16.7. The normalized spacial score (nSPS) is 18.8. The molecule has 0 saturated carbocycles. The van der Waals surface area contributed by atoms with E-state index >= 15 is 0 Å². The smallest absolute Gasteiger partial charge is 0.335 e. The topological polar surface area (TPSA) is 175 Å². The predicted molar refractivity (Wildman–Crippen MR) is 330 cm³/mol. The van der Waals surface area contributed by atoms with E-state index in [1.807, 2.05) is 18.2 Å². The number of unbranched alkanes of at least 4 members (excludes halogenated alkanes) is 12. The summed E-state index contributed by atoms with van der Waals surface area (Å²) in [4.78, 5) is 51.2. The van der Waals surface area contributed by atoms with Gasteiger partial charge in [-0.2, -0.15) is 0 Å². The van der Waals surface area contributed by atoms with Crippen LogP contribution in [0.3, 0.4) is 0 Å². The predicted octanol–water partition coefficient (Wildman–Crippen LogP) is 16.3. The van der Waals surface area contributed by atoms with Gasteiger partial charge in [-0.15, -0.1) is 0 Å². The Morgan fingerprint density at radius 1 is 0.420 bits per heavy atom. The zero-order chi connectivity index (χ0) is 58.9. The molecule has 81 heavy (non-hydrogen) atoms. The molecule has 12 nitrogen and oxygen atoms in total. The van der Waals surface area contributed by atoms with Crippen LogP contribution in [-0.4, -0.2) is 89.2 Å². The van der Waals surface area contributed by atoms with Crippen LogP contribution in [0.5, 0.6) is 0 Å². The summed E-state index contributed by atoms with van der Waals surface area (Å²) in [5.41, 5.74) is 0. The van der Waals surface area contributed by atoms with Crippen LogP contribution in [-0.2, 0) is 42.9 Å². The molecule has 1 aliphatic rings. The first kappa shape index (κ1) is 73.6. The fourth-order valence-electron chi connectivity index (χ4n) is 8.24. The van der Waals surface area contributed by atoms with Crippen LogP contribution in [0.2, 0.25) is 0 Å². The Bertz CT molecular complexity index is 1960. The summed E-state index contributed by atoms with van der Waals surface area (Å²) in [6, 6.07) is 0. The molecule has 1 rings (SSSR count). The number of hydrogen-bond acceptors (Lipinski definition) is 11. The van der Waals surface area contributed by atoms with E-state index < -0.39 is 67.3 Å². The molecule has 0 aromatic rings. The molecule has 0 aromatic carbocycles. The Morgan fingerprint density at radius 3 is 1.26 bits per heavy atom. The molecular weight excluding hydrogens is 1020 g/mol. The van der Waals surface area contributed by atoms with Crippen molar-refractivity contribution in [2.45, 2.75) is 250 Å². The summed E-state index contributed by atoms with van der Waals surface area (Å²) in [5, 5.41) is 31.5. The first-order valence-corrected chi connectivity index (χ1v) is 30.8. The van der Waals surface area contributed by atoms with Gasteiger partial charge in [0.2, 0.25) is 0 Å². The van der Waals surface area contributed by atoms with Gasteiger partial charge in [0.25, 0.3) is 0 Å². The molecule has 6 unspecified atom stereocenters. The van der Waals surface area contributed by atoms with Crippen LogP contribution in [0, 0.1) is 0 Å². The molecule has 0 aromatic heterocycles. The van der Waals surface area contributed by atoms with Gasteiger partial charge in [0, 0.05) is 19.3 Å². The third kappa shape index (κ3) is 44.9. The van der Waals surface area contributed by atoms with Crippen molar-refractivity contribution in [2.75, 3.05) is 13.2 Å². The van der Waals surface area contributed by atoms with E-state index in [-0.39, 0.29) is 25.9 Å². The van der Waals surface area contributed by atoms with Gasteiger partial charge in [0.1, 0.15) is 18.8 Å². The number of hydrogen-bond donors (Lipinski definition) is 3. The summed E-state index contributed by atoms with van der Waals surface area (Å²) >= 11 is 0. The largest absolute Gasteiger partial charge is 0.479 e.